The third-order valence-electron chi connectivity index (χ3n) is 5.33. The Hall–Kier alpha value is -2.84. The van der Waals surface area contributed by atoms with Gasteiger partial charge in [0.1, 0.15) is 0 Å². The number of morpholine rings is 1. The Balaban J connectivity index is 1.62. The van der Waals surface area contributed by atoms with E-state index in [1.165, 1.54) is 66.9 Å². The van der Waals surface area contributed by atoms with Crippen LogP contribution in [0.25, 0.3) is 0 Å². The van der Waals surface area contributed by atoms with Crippen LogP contribution in [-0.2, 0) is 24.8 Å². The Morgan fingerprint density at radius 3 is 1.60 bits per heavy atom. The molecule has 2 aromatic carbocycles. The van der Waals surface area contributed by atoms with Gasteiger partial charge in [-0.15, -0.1) is 0 Å². The van der Waals surface area contributed by atoms with E-state index in [0.717, 1.165) is 4.31 Å². The standard InChI is InChI=1S/C22H28N4O7S2/c1-15-13-26(14-16(2)33-15)35(31,32)20-11-7-18(8-12-20)22(28)24-23-21(27)17-5-9-19(10-6-17)34(29,30)25(3)4/h5-12,15-16H,13-14H2,1-4H3,(H,23,27)(H,24,28). The molecule has 2 unspecified atom stereocenters. The van der Waals surface area contributed by atoms with E-state index in [4.69, 9.17) is 4.74 Å². The summed E-state index contributed by atoms with van der Waals surface area (Å²) in [5, 5.41) is 0. The van der Waals surface area contributed by atoms with E-state index >= 15 is 0 Å². The highest BCUT2D eigenvalue weighted by atomic mass is 32.2. The third-order valence-corrected chi connectivity index (χ3v) is 9.00. The lowest BCUT2D eigenvalue weighted by molar-refractivity contribution is -0.0440. The first kappa shape index (κ1) is 26.8. The van der Waals surface area contributed by atoms with Gasteiger partial charge in [-0.1, -0.05) is 0 Å². The molecule has 190 valence electrons. The van der Waals surface area contributed by atoms with Crippen LogP contribution in [0.1, 0.15) is 34.6 Å². The van der Waals surface area contributed by atoms with Crippen molar-refractivity contribution in [1.29, 1.82) is 0 Å². The van der Waals surface area contributed by atoms with Crippen molar-refractivity contribution < 1.29 is 31.2 Å². The molecule has 1 aliphatic rings. The number of rotatable bonds is 6. The highest BCUT2D eigenvalue weighted by molar-refractivity contribution is 7.89. The highest BCUT2D eigenvalue weighted by Gasteiger charge is 2.32. The number of hydrogen-bond donors (Lipinski definition) is 2. The van der Waals surface area contributed by atoms with Crippen LogP contribution in [-0.4, -0.2) is 76.7 Å². The summed E-state index contributed by atoms with van der Waals surface area (Å²) in [6.07, 6.45) is -0.452. The second-order valence-corrected chi connectivity index (χ2v) is 12.4. The van der Waals surface area contributed by atoms with Crippen molar-refractivity contribution in [3.8, 4) is 0 Å². The number of carbonyl (C=O) groups excluding carboxylic acids is 2. The van der Waals surface area contributed by atoms with Gasteiger partial charge < -0.3 is 4.74 Å². The van der Waals surface area contributed by atoms with Crippen molar-refractivity contribution in [3.05, 3.63) is 59.7 Å². The Kier molecular flexibility index (Phi) is 7.97. The smallest absolute Gasteiger partial charge is 0.269 e. The van der Waals surface area contributed by atoms with Crippen LogP contribution < -0.4 is 10.9 Å². The zero-order chi connectivity index (χ0) is 26.0. The molecule has 13 heteroatoms. The average Bonchev–Trinajstić information content (AvgIpc) is 2.81. The Bertz CT molecular complexity index is 1280. The number of benzene rings is 2. The largest absolute Gasteiger partial charge is 0.373 e. The molecule has 0 saturated carbocycles. The van der Waals surface area contributed by atoms with Crippen molar-refractivity contribution >= 4 is 31.9 Å². The normalized spacial score (nSPS) is 19.3. The Morgan fingerprint density at radius 2 is 1.20 bits per heavy atom. The van der Waals surface area contributed by atoms with Gasteiger partial charge in [-0.05, 0) is 62.4 Å². The molecule has 2 amide bonds. The van der Waals surface area contributed by atoms with E-state index in [1.54, 1.807) is 13.8 Å². The minimum atomic E-state index is -3.75. The van der Waals surface area contributed by atoms with Gasteiger partial charge in [-0.2, -0.15) is 4.31 Å². The number of amides is 2. The summed E-state index contributed by atoms with van der Waals surface area (Å²) in [6, 6.07) is 10.6. The molecule has 0 aromatic heterocycles. The molecule has 1 aliphatic heterocycles. The number of hydrazine groups is 1. The summed E-state index contributed by atoms with van der Waals surface area (Å²) < 4.78 is 58.1. The van der Waals surface area contributed by atoms with Crippen molar-refractivity contribution in [3.63, 3.8) is 0 Å². The fourth-order valence-electron chi connectivity index (χ4n) is 3.50. The molecular weight excluding hydrogens is 496 g/mol. The Morgan fingerprint density at radius 1 is 0.800 bits per heavy atom. The van der Waals surface area contributed by atoms with Crippen LogP contribution in [0.15, 0.2) is 58.3 Å². The number of sulfonamides is 2. The molecule has 1 fully saturated rings. The van der Waals surface area contributed by atoms with Gasteiger partial charge in [0.25, 0.3) is 11.8 Å². The second kappa shape index (κ2) is 10.4. The molecule has 1 saturated heterocycles. The molecule has 11 nitrogen and oxygen atoms in total. The summed E-state index contributed by atoms with van der Waals surface area (Å²) >= 11 is 0. The van der Waals surface area contributed by atoms with Gasteiger partial charge in [0.2, 0.25) is 20.0 Å². The highest BCUT2D eigenvalue weighted by Crippen LogP contribution is 2.21. The van der Waals surface area contributed by atoms with Crippen molar-refractivity contribution in [2.45, 2.75) is 35.8 Å². The molecule has 2 atom stereocenters. The van der Waals surface area contributed by atoms with Crippen molar-refractivity contribution in [2.75, 3.05) is 27.2 Å². The fourth-order valence-corrected chi connectivity index (χ4v) is 5.99. The fraction of sp³-hybridized carbons (Fsp3) is 0.364. The summed E-state index contributed by atoms with van der Waals surface area (Å²) in [4.78, 5) is 24.8. The third kappa shape index (κ3) is 6.05. The minimum absolute atomic E-state index is 0.0270. The number of ether oxygens (including phenoxy) is 1. The molecule has 3 rings (SSSR count). The molecule has 0 spiro atoms. The monoisotopic (exact) mass is 524 g/mol. The summed E-state index contributed by atoms with van der Waals surface area (Å²) in [5.41, 5.74) is 4.77. The minimum Gasteiger partial charge on any atom is -0.373 e. The first-order chi connectivity index (χ1) is 16.3. The molecule has 2 N–H and O–H groups in total. The first-order valence-electron chi connectivity index (χ1n) is 10.7. The van der Waals surface area contributed by atoms with Gasteiger partial charge in [0.05, 0.1) is 22.0 Å². The molecule has 2 aromatic rings. The number of nitrogens with zero attached hydrogens (tertiary/aromatic N) is 2. The lowest BCUT2D eigenvalue weighted by Crippen LogP contribution is -2.48. The van der Waals surface area contributed by atoms with Gasteiger partial charge in [-0.25, -0.2) is 21.1 Å². The van der Waals surface area contributed by atoms with Gasteiger partial charge in [0.15, 0.2) is 0 Å². The quantitative estimate of drug-likeness (QED) is 0.533. The molecule has 0 aliphatic carbocycles. The van der Waals surface area contributed by atoms with Gasteiger partial charge >= 0.3 is 0 Å². The number of hydrogen-bond acceptors (Lipinski definition) is 7. The SMILES string of the molecule is CC1CN(S(=O)(=O)c2ccc(C(=O)NNC(=O)c3ccc(S(=O)(=O)N(C)C)cc3)cc2)CC(C)O1. The van der Waals surface area contributed by atoms with Crippen LogP contribution in [0.3, 0.4) is 0 Å². The molecular formula is C22H28N4O7S2. The summed E-state index contributed by atoms with van der Waals surface area (Å²) in [7, 11) is -4.57. The molecule has 1 heterocycles. The maximum absolute atomic E-state index is 12.9. The van der Waals surface area contributed by atoms with E-state index in [1.807, 2.05) is 0 Å². The van der Waals surface area contributed by atoms with E-state index in [0.29, 0.717) is 0 Å². The molecule has 0 radical (unpaired) electrons. The predicted octanol–water partition coefficient (Wildman–Crippen LogP) is 0.810. The van der Waals surface area contributed by atoms with Gasteiger partial charge in [-0.3, -0.25) is 20.4 Å². The zero-order valence-electron chi connectivity index (χ0n) is 19.8. The first-order valence-corrected chi connectivity index (χ1v) is 13.6. The van der Waals surface area contributed by atoms with E-state index in [2.05, 4.69) is 10.9 Å². The van der Waals surface area contributed by atoms with Gasteiger partial charge in [0, 0.05) is 38.3 Å². The van der Waals surface area contributed by atoms with Crippen LogP contribution in [0, 0.1) is 0 Å². The van der Waals surface area contributed by atoms with Crippen LogP contribution in [0.4, 0.5) is 0 Å². The average molecular weight is 525 g/mol. The lowest BCUT2D eigenvalue weighted by atomic mass is 10.2. The van der Waals surface area contributed by atoms with Crippen LogP contribution >= 0.6 is 0 Å². The second-order valence-electron chi connectivity index (χ2n) is 8.32. The molecule has 0 bridgehead atoms. The van der Waals surface area contributed by atoms with Crippen LogP contribution in [0.5, 0.6) is 0 Å². The predicted molar refractivity (Wildman–Crippen MR) is 127 cm³/mol. The summed E-state index contributed by atoms with van der Waals surface area (Å²) in [6.45, 7) is 4.09. The van der Waals surface area contributed by atoms with Crippen LogP contribution in [0.2, 0.25) is 0 Å². The van der Waals surface area contributed by atoms with Crippen molar-refractivity contribution in [2.24, 2.45) is 0 Å². The van der Waals surface area contributed by atoms with E-state index < -0.39 is 31.9 Å². The summed E-state index contributed by atoms with van der Waals surface area (Å²) in [5.74, 6) is -1.30. The zero-order valence-corrected chi connectivity index (χ0v) is 21.4. The van der Waals surface area contributed by atoms with E-state index in [9.17, 15) is 26.4 Å². The van der Waals surface area contributed by atoms with E-state index in [-0.39, 0.29) is 46.2 Å². The maximum atomic E-state index is 12.9. The Labute approximate surface area is 205 Å². The number of carbonyl (C=O) groups is 2. The number of nitrogens with one attached hydrogen (secondary N) is 2. The lowest BCUT2D eigenvalue weighted by Gasteiger charge is -2.34. The van der Waals surface area contributed by atoms with Crippen molar-refractivity contribution in [1.82, 2.24) is 19.5 Å². The maximum Gasteiger partial charge on any atom is 0.269 e. The topological polar surface area (TPSA) is 142 Å². The molecule has 35 heavy (non-hydrogen) atoms.